The SMILES string of the molecule is CCCCC(=O)Oc1ccccc1OC(=O)C(C)(C)C. The van der Waals surface area contributed by atoms with Gasteiger partial charge >= 0.3 is 11.9 Å². The molecule has 4 heteroatoms. The number of carbonyl (C=O) groups is 2. The number of esters is 2. The van der Waals surface area contributed by atoms with Crippen LogP contribution >= 0.6 is 0 Å². The van der Waals surface area contributed by atoms with Gasteiger partial charge in [0, 0.05) is 6.42 Å². The van der Waals surface area contributed by atoms with Gasteiger partial charge in [-0.05, 0) is 39.3 Å². The van der Waals surface area contributed by atoms with Crippen molar-refractivity contribution in [1.29, 1.82) is 0 Å². The molecular weight excluding hydrogens is 256 g/mol. The van der Waals surface area contributed by atoms with Crippen LogP contribution in [0.3, 0.4) is 0 Å². The zero-order valence-electron chi connectivity index (χ0n) is 12.6. The molecular formula is C16H22O4. The second-order valence-electron chi connectivity index (χ2n) is 5.66. The van der Waals surface area contributed by atoms with Crippen LogP contribution in [-0.4, -0.2) is 11.9 Å². The van der Waals surface area contributed by atoms with Gasteiger partial charge < -0.3 is 9.47 Å². The average Bonchev–Trinajstić information content (AvgIpc) is 2.37. The maximum absolute atomic E-state index is 11.9. The molecule has 0 bridgehead atoms. The summed E-state index contributed by atoms with van der Waals surface area (Å²) in [5, 5.41) is 0. The molecule has 0 aromatic heterocycles. The van der Waals surface area contributed by atoms with Crippen molar-refractivity contribution in [3.05, 3.63) is 24.3 Å². The first kappa shape index (κ1) is 16.2. The van der Waals surface area contributed by atoms with Crippen molar-refractivity contribution in [2.45, 2.75) is 47.0 Å². The molecule has 0 unspecified atom stereocenters. The molecule has 1 rings (SSSR count). The molecule has 0 saturated heterocycles. The van der Waals surface area contributed by atoms with E-state index in [-0.39, 0.29) is 23.4 Å². The molecule has 0 saturated carbocycles. The van der Waals surface area contributed by atoms with Crippen molar-refractivity contribution in [2.24, 2.45) is 5.41 Å². The molecule has 1 aromatic rings. The van der Waals surface area contributed by atoms with E-state index in [1.807, 2.05) is 6.92 Å². The molecule has 20 heavy (non-hydrogen) atoms. The summed E-state index contributed by atoms with van der Waals surface area (Å²) >= 11 is 0. The number of carbonyl (C=O) groups excluding carboxylic acids is 2. The Labute approximate surface area is 120 Å². The van der Waals surface area contributed by atoms with Gasteiger partial charge in [0.1, 0.15) is 0 Å². The number of hydrogen-bond acceptors (Lipinski definition) is 4. The maximum Gasteiger partial charge on any atom is 0.316 e. The standard InChI is InChI=1S/C16H22O4/c1-5-6-11-14(17)19-12-9-7-8-10-13(12)20-15(18)16(2,3)4/h7-10H,5-6,11H2,1-4H3. The Hall–Kier alpha value is -1.84. The van der Waals surface area contributed by atoms with E-state index in [2.05, 4.69) is 0 Å². The summed E-state index contributed by atoms with van der Waals surface area (Å²) in [5.41, 5.74) is -0.612. The largest absolute Gasteiger partial charge is 0.423 e. The minimum Gasteiger partial charge on any atom is -0.423 e. The number of hydrogen-bond donors (Lipinski definition) is 0. The Kier molecular flexibility index (Phi) is 5.74. The highest BCUT2D eigenvalue weighted by molar-refractivity contribution is 5.79. The van der Waals surface area contributed by atoms with E-state index in [0.29, 0.717) is 6.42 Å². The lowest BCUT2D eigenvalue weighted by molar-refractivity contribution is -0.143. The first-order chi connectivity index (χ1) is 9.34. The molecule has 1 aromatic carbocycles. The average molecular weight is 278 g/mol. The van der Waals surface area contributed by atoms with Gasteiger partial charge in [-0.3, -0.25) is 9.59 Å². The lowest BCUT2D eigenvalue weighted by atomic mass is 9.97. The smallest absolute Gasteiger partial charge is 0.316 e. The molecule has 0 aliphatic carbocycles. The minimum atomic E-state index is -0.612. The lowest BCUT2D eigenvalue weighted by Gasteiger charge is -2.17. The maximum atomic E-state index is 11.9. The van der Waals surface area contributed by atoms with Crippen molar-refractivity contribution >= 4 is 11.9 Å². The Bertz CT molecular complexity index is 472. The van der Waals surface area contributed by atoms with E-state index in [0.717, 1.165) is 12.8 Å². The van der Waals surface area contributed by atoms with Crippen molar-refractivity contribution in [1.82, 2.24) is 0 Å². The highest BCUT2D eigenvalue weighted by atomic mass is 16.6. The summed E-state index contributed by atoms with van der Waals surface area (Å²) in [5.74, 6) is -0.121. The fourth-order valence-corrected chi connectivity index (χ4v) is 1.37. The quantitative estimate of drug-likeness (QED) is 0.608. The lowest BCUT2D eigenvalue weighted by Crippen LogP contribution is -2.25. The molecule has 0 atom stereocenters. The molecule has 0 spiro atoms. The third-order valence-electron chi connectivity index (χ3n) is 2.62. The molecule has 0 heterocycles. The summed E-state index contributed by atoms with van der Waals surface area (Å²) in [6.45, 7) is 7.31. The second kappa shape index (κ2) is 7.08. The Morgan fingerprint density at radius 1 is 1.05 bits per heavy atom. The number of rotatable bonds is 5. The summed E-state index contributed by atoms with van der Waals surface area (Å²) in [6.07, 6.45) is 2.07. The van der Waals surface area contributed by atoms with E-state index in [1.54, 1.807) is 45.0 Å². The molecule has 110 valence electrons. The van der Waals surface area contributed by atoms with Gasteiger partial charge in [-0.1, -0.05) is 25.5 Å². The van der Waals surface area contributed by atoms with Crippen LogP contribution in [0.5, 0.6) is 11.5 Å². The monoisotopic (exact) mass is 278 g/mol. The van der Waals surface area contributed by atoms with E-state index >= 15 is 0 Å². The van der Waals surface area contributed by atoms with Gasteiger partial charge in [-0.2, -0.15) is 0 Å². The van der Waals surface area contributed by atoms with E-state index in [9.17, 15) is 9.59 Å². The van der Waals surface area contributed by atoms with Crippen LogP contribution in [-0.2, 0) is 9.59 Å². The van der Waals surface area contributed by atoms with Crippen molar-refractivity contribution < 1.29 is 19.1 Å². The predicted octanol–water partition coefficient (Wildman–Crippen LogP) is 3.73. The molecule has 0 N–H and O–H groups in total. The Balaban J connectivity index is 2.78. The van der Waals surface area contributed by atoms with Crippen molar-refractivity contribution in [3.8, 4) is 11.5 Å². The zero-order chi connectivity index (χ0) is 15.2. The molecule has 4 nitrogen and oxygen atoms in total. The van der Waals surface area contributed by atoms with Crippen LogP contribution in [0.2, 0.25) is 0 Å². The molecule has 0 fully saturated rings. The number of ether oxygens (including phenoxy) is 2. The Morgan fingerprint density at radius 2 is 1.60 bits per heavy atom. The van der Waals surface area contributed by atoms with Crippen LogP contribution in [0, 0.1) is 5.41 Å². The molecule has 0 aliphatic rings. The third kappa shape index (κ3) is 5.03. The van der Waals surface area contributed by atoms with Gasteiger partial charge in [-0.25, -0.2) is 0 Å². The predicted molar refractivity (Wildman–Crippen MR) is 76.7 cm³/mol. The van der Waals surface area contributed by atoms with Gasteiger partial charge in [0.25, 0.3) is 0 Å². The molecule has 0 amide bonds. The fourth-order valence-electron chi connectivity index (χ4n) is 1.37. The van der Waals surface area contributed by atoms with Crippen LogP contribution in [0.1, 0.15) is 47.0 Å². The summed E-state index contributed by atoms with van der Waals surface area (Å²) in [4.78, 5) is 23.5. The van der Waals surface area contributed by atoms with Crippen LogP contribution in [0.15, 0.2) is 24.3 Å². The van der Waals surface area contributed by atoms with Crippen LogP contribution in [0.4, 0.5) is 0 Å². The third-order valence-corrected chi connectivity index (χ3v) is 2.62. The highest BCUT2D eigenvalue weighted by Gasteiger charge is 2.25. The fraction of sp³-hybridized carbons (Fsp3) is 0.500. The first-order valence-electron chi connectivity index (χ1n) is 6.86. The molecule has 0 radical (unpaired) electrons. The zero-order valence-corrected chi connectivity index (χ0v) is 12.6. The van der Waals surface area contributed by atoms with E-state index in [1.165, 1.54) is 0 Å². The minimum absolute atomic E-state index is 0.275. The Morgan fingerprint density at radius 3 is 2.10 bits per heavy atom. The van der Waals surface area contributed by atoms with Gasteiger partial charge in [0.05, 0.1) is 5.41 Å². The number of para-hydroxylation sites is 2. The van der Waals surface area contributed by atoms with Crippen LogP contribution in [0.25, 0.3) is 0 Å². The van der Waals surface area contributed by atoms with Crippen LogP contribution < -0.4 is 9.47 Å². The van der Waals surface area contributed by atoms with Crippen molar-refractivity contribution in [3.63, 3.8) is 0 Å². The second-order valence-corrected chi connectivity index (χ2v) is 5.66. The van der Waals surface area contributed by atoms with Gasteiger partial charge in [0.15, 0.2) is 11.5 Å². The normalized spacial score (nSPS) is 11.0. The highest BCUT2D eigenvalue weighted by Crippen LogP contribution is 2.29. The number of benzene rings is 1. The van der Waals surface area contributed by atoms with E-state index in [4.69, 9.17) is 9.47 Å². The summed E-state index contributed by atoms with van der Waals surface area (Å²) < 4.78 is 10.5. The van der Waals surface area contributed by atoms with E-state index < -0.39 is 5.41 Å². The van der Waals surface area contributed by atoms with Gasteiger partial charge in [0.2, 0.25) is 0 Å². The topological polar surface area (TPSA) is 52.6 Å². The summed E-state index contributed by atoms with van der Waals surface area (Å²) in [6, 6.07) is 6.70. The number of unbranched alkanes of at least 4 members (excludes halogenated alkanes) is 1. The summed E-state index contributed by atoms with van der Waals surface area (Å²) in [7, 11) is 0. The van der Waals surface area contributed by atoms with Crippen molar-refractivity contribution in [2.75, 3.05) is 0 Å². The first-order valence-corrected chi connectivity index (χ1v) is 6.86. The molecule has 0 aliphatic heterocycles. The van der Waals surface area contributed by atoms with Gasteiger partial charge in [-0.15, -0.1) is 0 Å².